The SMILES string of the molecule is CCOc1cc(-c2ccc(N3CCC(NS(=O)(=O)CC(C)C)CC3)nc2)c2c(C#N)cnn2c1. The van der Waals surface area contributed by atoms with Crippen molar-refractivity contribution in [3.8, 4) is 22.9 Å². The number of anilines is 1. The number of ether oxygens (including phenoxy) is 1. The van der Waals surface area contributed by atoms with E-state index in [9.17, 15) is 13.7 Å². The van der Waals surface area contributed by atoms with Crippen LogP contribution in [0.25, 0.3) is 16.6 Å². The van der Waals surface area contributed by atoms with Crippen LogP contribution in [0, 0.1) is 17.2 Å². The fraction of sp³-hybridized carbons (Fsp3) is 0.458. The van der Waals surface area contributed by atoms with Crippen molar-refractivity contribution in [3.05, 3.63) is 42.4 Å². The molecule has 1 N–H and O–H groups in total. The molecular formula is C24H30N6O3S. The molecule has 1 saturated heterocycles. The van der Waals surface area contributed by atoms with E-state index in [-0.39, 0.29) is 17.7 Å². The second kappa shape index (κ2) is 9.99. The molecule has 3 aromatic rings. The van der Waals surface area contributed by atoms with Crippen LogP contribution in [-0.4, -0.2) is 54.5 Å². The van der Waals surface area contributed by atoms with Gasteiger partial charge < -0.3 is 9.64 Å². The van der Waals surface area contributed by atoms with Crippen LogP contribution in [0.4, 0.5) is 5.82 Å². The lowest BCUT2D eigenvalue weighted by molar-refractivity contribution is 0.338. The van der Waals surface area contributed by atoms with Gasteiger partial charge in [-0.3, -0.25) is 0 Å². The summed E-state index contributed by atoms with van der Waals surface area (Å²) in [5.41, 5.74) is 2.90. The fourth-order valence-electron chi connectivity index (χ4n) is 4.34. The molecule has 10 heteroatoms. The minimum Gasteiger partial charge on any atom is -0.492 e. The third-order valence-electron chi connectivity index (χ3n) is 5.79. The molecule has 34 heavy (non-hydrogen) atoms. The summed E-state index contributed by atoms with van der Waals surface area (Å²) in [6, 6.07) is 8.02. The second-order valence-electron chi connectivity index (χ2n) is 8.95. The molecule has 0 radical (unpaired) electrons. The molecule has 0 amide bonds. The second-order valence-corrected chi connectivity index (χ2v) is 10.7. The van der Waals surface area contributed by atoms with E-state index in [2.05, 4.69) is 25.8 Å². The number of sulfonamides is 1. The third kappa shape index (κ3) is 5.32. The maximum Gasteiger partial charge on any atom is 0.212 e. The number of nitrogens with one attached hydrogen (secondary N) is 1. The molecule has 0 spiro atoms. The minimum atomic E-state index is -3.25. The molecule has 4 rings (SSSR count). The predicted molar refractivity (Wildman–Crippen MR) is 131 cm³/mol. The van der Waals surface area contributed by atoms with Crippen LogP contribution in [0.5, 0.6) is 5.75 Å². The summed E-state index contributed by atoms with van der Waals surface area (Å²) >= 11 is 0. The van der Waals surface area contributed by atoms with Gasteiger partial charge in [0.05, 0.1) is 35.8 Å². The van der Waals surface area contributed by atoms with Crippen molar-refractivity contribution in [2.75, 3.05) is 30.3 Å². The van der Waals surface area contributed by atoms with Crippen LogP contribution in [0.2, 0.25) is 0 Å². The van der Waals surface area contributed by atoms with E-state index in [0.29, 0.717) is 17.9 Å². The zero-order valence-electron chi connectivity index (χ0n) is 19.7. The van der Waals surface area contributed by atoms with Gasteiger partial charge in [-0.15, -0.1) is 0 Å². The largest absolute Gasteiger partial charge is 0.492 e. The number of hydrogen-bond acceptors (Lipinski definition) is 7. The minimum absolute atomic E-state index is 0.0415. The molecular weight excluding hydrogens is 452 g/mol. The van der Waals surface area contributed by atoms with Gasteiger partial charge in [0.1, 0.15) is 17.6 Å². The highest BCUT2D eigenvalue weighted by atomic mass is 32.2. The van der Waals surface area contributed by atoms with E-state index in [0.717, 1.165) is 48.4 Å². The molecule has 0 aromatic carbocycles. The Labute approximate surface area is 200 Å². The van der Waals surface area contributed by atoms with Gasteiger partial charge in [0.15, 0.2) is 0 Å². The van der Waals surface area contributed by atoms with Crippen molar-refractivity contribution >= 4 is 21.4 Å². The first-order chi connectivity index (χ1) is 16.3. The number of hydrogen-bond donors (Lipinski definition) is 1. The molecule has 1 fully saturated rings. The number of nitrogens with zero attached hydrogens (tertiary/aromatic N) is 5. The normalized spacial score (nSPS) is 15.1. The molecule has 0 bridgehead atoms. The number of nitriles is 1. The van der Waals surface area contributed by atoms with Crippen LogP contribution in [0.3, 0.4) is 0 Å². The molecule has 0 saturated carbocycles. The lowest BCUT2D eigenvalue weighted by Crippen LogP contribution is -2.45. The van der Waals surface area contributed by atoms with Crippen LogP contribution < -0.4 is 14.4 Å². The predicted octanol–water partition coefficient (Wildman–Crippen LogP) is 3.21. The Balaban J connectivity index is 1.50. The lowest BCUT2D eigenvalue weighted by atomic mass is 10.0. The van der Waals surface area contributed by atoms with E-state index < -0.39 is 10.0 Å². The average Bonchev–Trinajstić information content (AvgIpc) is 3.21. The van der Waals surface area contributed by atoms with Crippen molar-refractivity contribution in [1.82, 2.24) is 19.3 Å². The Hall–Kier alpha value is -3.16. The van der Waals surface area contributed by atoms with Gasteiger partial charge in [-0.2, -0.15) is 10.4 Å². The van der Waals surface area contributed by atoms with Gasteiger partial charge >= 0.3 is 0 Å². The van der Waals surface area contributed by atoms with Crippen molar-refractivity contribution < 1.29 is 13.2 Å². The quantitative estimate of drug-likeness (QED) is 0.524. The summed E-state index contributed by atoms with van der Waals surface area (Å²) in [5.74, 6) is 1.77. The Kier molecular flexibility index (Phi) is 7.05. The highest BCUT2D eigenvalue weighted by Gasteiger charge is 2.25. The molecule has 4 heterocycles. The smallest absolute Gasteiger partial charge is 0.212 e. The van der Waals surface area contributed by atoms with Crippen LogP contribution in [0.15, 0.2) is 36.8 Å². The van der Waals surface area contributed by atoms with Crippen molar-refractivity contribution in [3.63, 3.8) is 0 Å². The van der Waals surface area contributed by atoms with E-state index in [1.807, 2.05) is 39.0 Å². The zero-order valence-corrected chi connectivity index (χ0v) is 20.5. The van der Waals surface area contributed by atoms with Crippen LogP contribution in [-0.2, 0) is 10.0 Å². The van der Waals surface area contributed by atoms with Gasteiger partial charge in [0.2, 0.25) is 10.0 Å². The van der Waals surface area contributed by atoms with Gasteiger partial charge in [-0.05, 0) is 43.9 Å². The first-order valence-electron chi connectivity index (χ1n) is 11.5. The molecule has 1 aliphatic heterocycles. The highest BCUT2D eigenvalue weighted by molar-refractivity contribution is 7.89. The van der Waals surface area contributed by atoms with E-state index >= 15 is 0 Å². The molecule has 1 aliphatic rings. The Morgan fingerprint density at radius 1 is 1.26 bits per heavy atom. The summed E-state index contributed by atoms with van der Waals surface area (Å²) in [6.45, 7) is 7.71. The number of aromatic nitrogens is 3. The third-order valence-corrected chi connectivity index (χ3v) is 7.59. The topological polar surface area (TPSA) is 113 Å². The zero-order chi connectivity index (χ0) is 24.3. The molecule has 0 unspecified atom stereocenters. The maximum atomic E-state index is 12.2. The van der Waals surface area contributed by atoms with Crippen molar-refractivity contribution in [1.29, 1.82) is 5.26 Å². The van der Waals surface area contributed by atoms with Crippen molar-refractivity contribution in [2.24, 2.45) is 5.92 Å². The summed E-state index contributed by atoms with van der Waals surface area (Å²) in [7, 11) is -3.25. The Morgan fingerprint density at radius 3 is 2.65 bits per heavy atom. The molecule has 9 nitrogen and oxygen atoms in total. The molecule has 0 aliphatic carbocycles. The molecule has 0 atom stereocenters. The van der Waals surface area contributed by atoms with Gasteiger partial charge in [0.25, 0.3) is 0 Å². The average molecular weight is 483 g/mol. The summed E-state index contributed by atoms with van der Waals surface area (Å²) in [4.78, 5) is 6.84. The summed E-state index contributed by atoms with van der Waals surface area (Å²) in [6.07, 6.45) is 6.59. The molecule has 180 valence electrons. The van der Waals surface area contributed by atoms with Gasteiger partial charge in [-0.1, -0.05) is 13.8 Å². The number of piperidine rings is 1. The Morgan fingerprint density at radius 2 is 2.03 bits per heavy atom. The first kappa shape index (κ1) is 24.0. The number of pyridine rings is 2. The van der Waals surface area contributed by atoms with E-state index in [1.54, 1.807) is 23.1 Å². The number of fused-ring (bicyclic) bond motifs is 1. The summed E-state index contributed by atoms with van der Waals surface area (Å²) in [5, 5.41) is 13.8. The van der Waals surface area contributed by atoms with Crippen molar-refractivity contribution in [2.45, 2.75) is 39.7 Å². The van der Waals surface area contributed by atoms with E-state index in [1.165, 1.54) is 0 Å². The van der Waals surface area contributed by atoms with Crippen LogP contribution >= 0.6 is 0 Å². The lowest BCUT2D eigenvalue weighted by Gasteiger charge is -2.33. The summed E-state index contributed by atoms with van der Waals surface area (Å²) < 4.78 is 34.7. The number of rotatable bonds is 8. The first-order valence-corrected chi connectivity index (χ1v) is 13.2. The monoisotopic (exact) mass is 482 g/mol. The Bertz CT molecular complexity index is 1290. The van der Waals surface area contributed by atoms with Crippen LogP contribution in [0.1, 0.15) is 39.2 Å². The van der Waals surface area contributed by atoms with Gasteiger partial charge in [-0.25, -0.2) is 22.6 Å². The fourth-order valence-corrected chi connectivity index (χ4v) is 6.06. The highest BCUT2D eigenvalue weighted by Crippen LogP contribution is 2.31. The van der Waals surface area contributed by atoms with Gasteiger partial charge in [0, 0.05) is 36.5 Å². The maximum absolute atomic E-state index is 12.2. The standard InChI is InChI=1S/C24H30N6O3S/c1-4-33-21-11-22(24-19(12-25)14-27-30(24)15-21)18-5-6-23(26-13-18)29-9-7-20(8-10-29)28-34(31,32)16-17(2)3/h5-6,11,13-15,17,20,28H,4,7-10,16H2,1-3H3. The molecule has 3 aromatic heterocycles. The van der Waals surface area contributed by atoms with E-state index in [4.69, 9.17) is 4.74 Å².